The van der Waals surface area contributed by atoms with Crippen LogP contribution < -0.4 is 20.1 Å². The Hall–Kier alpha value is -3.51. The lowest BCUT2D eigenvalue weighted by molar-refractivity contribution is -0.115. The van der Waals surface area contributed by atoms with Crippen molar-refractivity contribution in [3.63, 3.8) is 0 Å². The second-order valence-corrected chi connectivity index (χ2v) is 7.53. The van der Waals surface area contributed by atoms with Crippen LogP contribution in [0.1, 0.15) is 21.5 Å². The topological polar surface area (TPSA) is 76.7 Å². The first-order chi connectivity index (χ1) is 15.0. The monoisotopic (exact) mass is 436 g/mol. The van der Waals surface area contributed by atoms with E-state index in [1.807, 2.05) is 30.3 Å². The normalized spacial score (nSPS) is 12.2. The van der Waals surface area contributed by atoms with Gasteiger partial charge in [-0.3, -0.25) is 9.59 Å². The smallest absolute Gasteiger partial charge is 0.256 e. The molecule has 1 heterocycles. The first kappa shape index (κ1) is 20.8. The van der Waals surface area contributed by atoms with Gasteiger partial charge in [0.15, 0.2) is 11.5 Å². The van der Waals surface area contributed by atoms with E-state index in [2.05, 4.69) is 10.6 Å². The number of fused-ring (bicyclic) bond motifs is 1. The number of hydrogen-bond acceptors (Lipinski definition) is 4. The van der Waals surface area contributed by atoms with Gasteiger partial charge in [-0.2, -0.15) is 0 Å². The first-order valence-corrected chi connectivity index (χ1v) is 10.2. The molecule has 3 aromatic rings. The molecule has 4 rings (SSSR count). The molecule has 0 spiro atoms. The molecule has 0 aliphatic carbocycles. The molecule has 1 aliphatic heterocycles. The number of benzene rings is 3. The third-order valence-corrected chi connectivity index (χ3v) is 5.19. The number of amides is 2. The Morgan fingerprint density at radius 2 is 1.74 bits per heavy atom. The maximum Gasteiger partial charge on any atom is 0.256 e. The van der Waals surface area contributed by atoms with Gasteiger partial charge in [0.25, 0.3) is 5.91 Å². The summed E-state index contributed by atoms with van der Waals surface area (Å²) < 4.78 is 11.1. The molecule has 0 aromatic heterocycles. The van der Waals surface area contributed by atoms with E-state index in [9.17, 15) is 9.59 Å². The third kappa shape index (κ3) is 4.81. The fourth-order valence-corrected chi connectivity index (χ4v) is 3.67. The van der Waals surface area contributed by atoms with Crippen molar-refractivity contribution in [2.45, 2.75) is 13.3 Å². The summed E-state index contributed by atoms with van der Waals surface area (Å²) in [6, 6.07) is 17.9. The van der Waals surface area contributed by atoms with E-state index in [1.165, 1.54) is 0 Å². The standard InChI is InChI=1S/C24H21ClN2O4/c1-15-18(24(29)26-17-6-3-2-4-7-17)8-5-9-20(15)27-22(28)14-16-12-19(25)23-21(13-16)30-10-11-31-23/h2-9,12-13H,10-11,14H2,1H3,(H,26,29)(H,27,28). The van der Waals surface area contributed by atoms with Crippen LogP contribution in [0.5, 0.6) is 11.5 Å². The number of rotatable bonds is 5. The zero-order valence-electron chi connectivity index (χ0n) is 16.9. The second kappa shape index (κ2) is 9.10. The van der Waals surface area contributed by atoms with Crippen LogP contribution in [0.4, 0.5) is 11.4 Å². The highest BCUT2D eigenvalue weighted by molar-refractivity contribution is 6.32. The summed E-state index contributed by atoms with van der Waals surface area (Å²) >= 11 is 6.26. The Bertz CT molecular complexity index is 1130. The molecular formula is C24H21ClN2O4. The lowest BCUT2D eigenvalue weighted by Crippen LogP contribution is -2.19. The third-order valence-electron chi connectivity index (χ3n) is 4.91. The summed E-state index contributed by atoms with van der Waals surface area (Å²) in [5.74, 6) is 0.581. The van der Waals surface area contributed by atoms with Gasteiger partial charge < -0.3 is 20.1 Å². The van der Waals surface area contributed by atoms with Gasteiger partial charge in [-0.05, 0) is 54.4 Å². The minimum Gasteiger partial charge on any atom is -0.486 e. The van der Waals surface area contributed by atoms with Crippen LogP contribution in [-0.4, -0.2) is 25.0 Å². The van der Waals surface area contributed by atoms with Crippen molar-refractivity contribution >= 4 is 34.8 Å². The largest absolute Gasteiger partial charge is 0.486 e. The van der Waals surface area contributed by atoms with E-state index in [-0.39, 0.29) is 18.2 Å². The van der Waals surface area contributed by atoms with Gasteiger partial charge in [0, 0.05) is 16.9 Å². The van der Waals surface area contributed by atoms with Crippen LogP contribution in [0.3, 0.4) is 0 Å². The van der Waals surface area contributed by atoms with E-state index in [0.717, 1.165) is 0 Å². The summed E-state index contributed by atoms with van der Waals surface area (Å²) in [5.41, 5.74) is 3.17. The van der Waals surface area contributed by atoms with Crippen molar-refractivity contribution in [1.82, 2.24) is 0 Å². The second-order valence-electron chi connectivity index (χ2n) is 7.13. The number of ether oxygens (including phenoxy) is 2. The van der Waals surface area contributed by atoms with Gasteiger partial charge in [-0.1, -0.05) is 35.9 Å². The number of carbonyl (C=O) groups excluding carboxylic acids is 2. The van der Waals surface area contributed by atoms with E-state index in [1.54, 1.807) is 37.3 Å². The number of halogens is 1. The van der Waals surface area contributed by atoms with Crippen molar-refractivity contribution in [3.05, 3.63) is 82.4 Å². The predicted octanol–water partition coefficient (Wildman–Crippen LogP) is 4.85. The van der Waals surface area contributed by atoms with Gasteiger partial charge in [0.1, 0.15) is 13.2 Å². The number of anilines is 2. The number of hydrogen-bond donors (Lipinski definition) is 2. The van der Waals surface area contributed by atoms with Crippen molar-refractivity contribution in [2.24, 2.45) is 0 Å². The van der Waals surface area contributed by atoms with E-state index in [0.29, 0.717) is 57.8 Å². The maximum atomic E-state index is 12.7. The number of carbonyl (C=O) groups is 2. The highest BCUT2D eigenvalue weighted by Crippen LogP contribution is 2.38. The summed E-state index contributed by atoms with van der Waals surface area (Å²) in [7, 11) is 0. The molecule has 0 radical (unpaired) electrons. The zero-order chi connectivity index (χ0) is 21.8. The molecule has 0 unspecified atom stereocenters. The lowest BCUT2D eigenvalue weighted by atomic mass is 10.0. The molecule has 0 atom stereocenters. The molecule has 3 aromatic carbocycles. The van der Waals surface area contributed by atoms with Gasteiger partial charge in [-0.15, -0.1) is 0 Å². The molecule has 2 N–H and O–H groups in total. The van der Waals surface area contributed by atoms with Gasteiger partial charge >= 0.3 is 0 Å². The summed E-state index contributed by atoms with van der Waals surface area (Å²) in [5, 5.41) is 6.16. The molecule has 31 heavy (non-hydrogen) atoms. The molecule has 6 nitrogen and oxygen atoms in total. The lowest BCUT2D eigenvalue weighted by Gasteiger charge is -2.20. The first-order valence-electron chi connectivity index (χ1n) is 9.85. The molecule has 7 heteroatoms. The Morgan fingerprint density at radius 3 is 2.55 bits per heavy atom. The zero-order valence-corrected chi connectivity index (χ0v) is 17.7. The Balaban J connectivity index is 1.47. The average molecular weight is 437 g/mol. The number of para-hydroxylation sites is 1. The molecule has 0 bridgehead atoms. The van der Waals surface area contributed by atoms with Crippen molar-refractivity contribution in [3.8, 4) is 11.5 Å². The van der Waals surface area contributed by atoms with Crippen molar-refractivity contribution in [2.75, 3.05) is 23.8 Å². The average Bonchev–Trinajstić information content (AvgIpc) is 2.76. The summed E-state index contributed by atoms with van der Waals surface area (Å²) in [4.78, 5) is 25.3. The molecule has 1 aliphatic rings. The summed E-state index contributed by atoms with van der Waals surface area (Å²) in [6.07, 6.45) is 0.107. The fourth-order valence-electron chi connectivity index (χ4n) is 3.38. The number of nitrogens with one attached hydrogen (secondary N) is 2. The van der Waals surface area contributed by atoms with Crippen molar-refractivity contribution < 1.29 is 19.1 Å². The Morgan fingerprint density at radius 1 is 0.968 bits per heavy atom. The molecule has 2 amide bonds. The minimum absolute atomic E-state index is 0.107. The molecule has 0 fully saturated rings. The van der Waals surface area contributed by atoms with E-state index >= 15 is 0 Å². The summed E-state index contributed by atoms with van der Waals surface area (Å²) in [6.45, 7) is 2.69. The van der Waals surface area contributed by atoms with E-state index in [4.69, 9.17) is 21.1 Å². The van der Waals surface area contributed by atoms with Gasteiger partial charge in [-0.25, -0.2) is 0 Å². The van der Waals surface area contributed by atoms with Crippen LogP contribution in [0.25, 0.3) is 0 Å². The van der Waals surface area contributed by atoms with Crippen LogP contribution in [0.15, 0.2) is 60.7 Å². The van der Waals surface area contributed by atoms with Gasteiger partial charge in [0.05, 0.1) is 11.4 Å². The quantitative estimate of drug-likeness (QED) is 0.599. The molecule has 0 saturated heterocycles. The Kier molecular flexibility index (Phi) is 6.09. The van der Waals surface area contributed by atoms with Crippen LogP contribution >= 0.6 is 11.6 Å². The molecular weight excluding hydrogens is 416 g/mol. The van der Waals surface area contributed by atoms with Gasteiger partial charge in [0.2, 0.25) is 5.91 Å². The SMILES string of the molecule is Cc1c(NC(=O)Cc2cc(Cl)c3c(c2)OCCO3)cccc1C(=O)Nc1ccccc1. The van der Waals surface area contributed by atoms with E-state index < -0.39 is 0 Å². The molecule has 0 saturated carbocycles. The Labute approximate surface area is 185 Å². The fraction of sp³-hybridized carbons (Fsp3) is 0.167. The van der Waals surface area contributed by atoms with Crippen LogP contribution in [0, 0.1) is 6.92 Å². The van der Waals surface area contributed by atoms with Crippen LogP contribution in [-0.2, 0) is 11.2 Å². The van der Waals surface area contributed by atoms with Crippen LogP contribution in [0.2, 0.25) is 5.02 Å². The minimum atomic E-state index is -0.238. The van der Waals surface area contributed by atoms with Crippen molar-refractivity contribution in [1.29, 1.82) is 0 Å². The maximum absolute atomic E-state index is 12.7. The predicted molar refractivity (Wildman–Crippen MR) is 120 cm³/mol. The highest BCUT2D eigenvalue weighted by Gasteiger charge is 2.18. The highest BCUT2D eigenvalue weighted by atomic mass is 35.5. The molecule has 158 valence electrons.